The molecule has 3 aromatic rings. The van der Waals surface area contributed by atoms with Gasteiger partial charge in [-0.15, -0.1) is 11.3 Å². The van der Waals surface area contributed by atoms with Gasteiger partial charge in [0.15, 0.2) is 5.82 Å². The number of hydrogen-bond acceptors (Lipinski definition) is 3. The van der Waals surface area contributed by atoms with Gasteiger partial charge in [-0.05, 0) is 46.6 Å². The van der Waals surface area contributed by atoms with E-state index in [1.807, 2.05) is 19.1 Å². The highest BCUT2D eigenvalue weighted by Crippen LogP contribution is 2.38. The molecular formula is C13H6BrCl3N2S. The third kappa shape index (κ3) is 2.55. The van der Waals surface area contributed by atoms with Gasteiger partial charge in [-0.1, -0.05) is 34.8 Å². The zero-order chi connectivity index (χ0) is 14.4. The molecule has 2 aromatic heterocycles. The predicted molar refractivity (Wildman–Crippen MR) is 90.3 cm³/mol. The van der Waals surface area contributed by atoms with Crippen LogP contribution in [0.25, 0.3) is 22.3 Å². The van der Waals surface area contributed by atoms with Crippen LogP contribution >= 0.6 is 62.1 Å². The second kappa shape index (κ2) is 5.43. The summed E-state index contributed by atoms with van der Waals surface area (Å²) in [5.41, 5.74) is 2.53. The number of aryl methyl sites for hydroxylation is 1. The lowest BCUT2D eigenvalue weighted by Gasteiger charge is -2.06. The second-order valence-electron chi connectivity index (χ2n) is 4.22. The molecule has 20 heavy (non-hydrogen) atoms. The maximum atomic E-state index is 6.27. The van der Waals surface area contributed by atoms with Crippen LogP contribution in [0.15, 0.2) is 22.7 Å². The number of fused-ring (bicyclic) bond motifs is 1. The zero-order valence-electron chi connectivity index (χ0n) is 10.0. The summed E-state index contributed by atoms with van der Waals surface area (Å²) < 4.78 is 2.01. The van der Waals surface area contributed by atoms with Gasteiger partial charge in [-0.3, -0.25) is 0 Å². The minimum absolute atomic E-state index is 0.396. The quantitative estimate of drug-likeness (QED) is 0.436. The average molecular weight is 409 g/mol. The van der Waals surface area contributed by atoms with Crippen molar-refractivity contribution in [3.8, 4) is 11.4 Å². The summed E-state index contributed by atoms with van der Waals surface area (Å²) in [6.07, 6.45) is 0. The molecule has 0 aliphatic rings. The van der Waals surface area contributed by atoms with E-state index in [2.05, 4.69) is 25.9 Å². The van der Waals surface area contributed by atoms with Crippen LogP contribution in [0.2, 0.25) is 13.8 Å². The molecule has 0 spiro atoms. The topological polar surface area (TPSA) is 25.8 Å². The van der Waals surface area contributed by atoms with E-state index in [0.29, 0.717) is 25.2 Å². The molecule has 0 atom stereocenters. The lowest BCUT2D eigenvalue weighted by molar-refractivity contribution is 1.22. The summed E-state index contributed by atoms with van der Waals surface area (Å²) >= 11 is 23.2. The Hall–Kier alpha value is -0.390. The minimum Gasteiger partial charge on any atom is -0.227 e. The van der Waals surface area contributed by atoms with E-state index < -0.39 is 0 Å². The van der Waals surface area contributed by atoms with Gasteiger partial charge in [0.25, 0.3) is 0 Å². The van der Waals surface area contributed by atoms with E-state index in [9.17, 15) is 0 Å². The van der Waals surface area contributed by atoms with E-state index in [-0.39, 0.29) is 0 Å². The third-order valence-electron chi connectivity index (χ3n) is 2.75. The number of aromatic nitrogens is 2. The number of halogens is 4. The van der Waals surface area contributed by atoms with Gasteiger partial charge in [-0.2, -0.15) is 0 Å². The first-order chi connectivity index (χ1) is 9.45. The highest BCUT2D eigenvalue weighted by atomic mass is 79.9. The van der Waals surface area contributed by atoms with E-state index in [4.69, 9.17) is 34.8 Å². The number of rotatable bonds is 1. The van der Waals surface area contributed by atoms with Crippen LogP contribution in [-0.4, -0.2) is 9.97 Å². The van der Waals surface area contributed by atoms with E-state index >= 15 is 0 Å². The summed E-state index contributed by atoms with van der Waals surface area (Å²) in [4.78, 5) is 8.87. The second-order valence-corrected chi connectivity index (χ2v) is 7.72. The molecule has 1 aromatic carbocycles. The monoisotopic (exact) mass is 406 g/mol. The lowest BCUT2D eigenvalue weighted by Crippen LogP contribution is -1.93. The smallest absolute Gasteiger partial charge is 0.163 e. The van der Waals surface area contributed by atoms with Crippen molar-refractivity contribution in [3.05, 3.63) is 42.1 Å². The first-order valence-electron chi connectivity index (χ1n) is 5.54. The van der Waals surface area contributed by atoms with Gasteiger partial charge in [0.1, 0.15) is 9.49 Å². The minimum atomic E-state index is 0.396. The normalized spacial score (nSPS) is 11.2. The van der Waals surface area contributed by atoms with Crippen molar-refractivity contribution in [2.45, 2.75) is 6.92 Å². The molecule has 0 radical (unpaired) electrons. The van der Waals surface area contributed by atoms with Crippen molar-refractivity contribution in [2.75, 3.05) is 0 Å². The van der Waals surface area contributed by atoms with Crippen molar-refractivity contribution in [1.29, 1.82) is 0 Å². The number of nitrogens with zero attached hydrogens (tertiary/aromatic N) is 2. The van der Waals surface area contributed by atoms with Gasteiger partial charge in [0, 0.05) is 9.86 Å². The van der Waals surface area contributed by atoms with Gasteiger partial charge in [0.2, 0.25) is 0 Å². The van der Waals surface area contributed by atoms with Gasteiger partial charge in [-0.25, -0.2) is 9.97 Å². The fourth-order valence-electron chi connectivity index (χ4n) is 1.90. The summed E-state index contributed by atoms with van der Waals surface area (Å²) in [6, 6.07) is 5.68. The molecule has 2 heterocycles. The van der Waals surface area contributed by atoms with E-state index in [1.165, 1.54) is 11.3 Å². The Morgan fingerprint density at radius 1 is 1.10 bits per heavy atom. The summed E-state index contributed by atoms with van der Waals surface area (Å²) in [6.45, 7) is 1.99. The Kier molecular flexibility index (Phi) is 3.95. The van der Waals surface area contributed by atoms with Gasteiger partial charge < -0.3 is 0 Å². The van der Waals surface area contributed by atoms with Crippen LogP contribution < -0.4 is 0 Å². The zero-order valence-corrected chi connectivity index (χ0v) is 14.7. The number of hydrogen-bond donors (Lipinski definition) is 0. The number of thiophene rings is 1. The molecule has 0 amide bonds. The SMILES string of the molecule is Cc1cc(Br)c2nc(-c3cc(Cl)sc3Cl)nc(Cl)c2c1. The molecule has 2 nitrogen and oxygen atoms in total. The molecule has 0 aliphatic carbocycles. The third-order valence-corrected chi connectivity index (χ3v) is 5.13. The van der Waals surface area contributed by atoms with Crippen LogP contribution in [0, 0.1) is 6.92 Å². The molecule has 0 saturated heterocycles. The lowest BCUT2D eigenvalue weighted by atomic mass is 10.1. The highest BCUT2D eigenvalue weighted by molar-refractivity contribution is 9.10. The Morgan fingerprint density at radius 3 is 2.50 bits per heavy atom. The first kappa shape index (κ1) is 14.5. The Bertz CT molecular complexity index is 832. The fraction of sp³-hybridized carbons (Fsp3) is 0.0769. The molecule has 0 saturated carbocycles. The molecular weight excluding hydrogens is 402 g/mol. The highest BCUT2D eigenvalue weighted by Gasteiger charge is 2.15. The molecule has 0 unspecified atom stereocenters. The van der Waals surface area contributed by atoms with E-state index in [0.717, 1.165) is 20.9 Å². The Morgan fingerprint density at radius 2 is 1.85 bits per heavy atom. The van der Waals surface area contributed by atoms with Crippen molar-refractivity contribution in [2.24, 2.45) is 0 Å². The van der Waals surface area contributed by atoms with Crippen molar-refractivity contribution in [3.63, 3.8) is 0 Å². The Labute approximate surface area is 142 Å². The van der Waals surface area contributed by atoms with Crippen LogP contribution in [-0.2, 0) is 0 Å². The summed E-state index contributed by atoms with van der Waals surface area (Å²) in [5.74, 6) is 0.472. The van der Waals surface area contributed by atoms with Crippen LogP contribution in [0.3, 0.4) is 0 Å². The van der Waals surface area contributed by atoms with Gasteiger partial charge in [0.05, 0.1) is 15.4 Å². The molecule has 0 N–H and O–H groups in total. The Balaban J connectivity index is 2.32. The summed E-state index contributed by atoms with van der Waals surface area (Å²) in [7, 11) is 0. The molecule has 0 aliphatic heterocycles. The van der Waals surface area contributed by atoms with Crippen molar-refractivity contribution < 1.29 is 0 Å². The van der Waals surface area contributed by atoms with Gasteiger partial charge >= 0.3 is 0 Å². The molecule has 7 heteroatoms. The van der Waals surface area contributed by atoms with Crippen molar-refractivity contribution in [1.82, 2.24) is 9.97 Å². The predicted octanol–water partition coefficient (Wildman–Crippen LogP) is 6.39. The van der Waals surface area contributed by atoms with Crippen LogP contribution in [0.4, 0.5) is 0 Å². The molecule has 0 fully saturated rings. The molecule has 0 bridgehead atoms. The first-order valence-corrected chi connectivity index (χ1v) is 8.28. The standard InChI is InChI=1S/C13H6BrCl3N2S/c1-5-2-6-10(8(14)3-5)18-13(19-11(6)16)7-4-9(15)20-12(7)17/h2-4H,1H3. The maximum absolute atomic E-state index is 6.27. The molecule has 102 valence electrons. The largest absolute Gasteiger partial charge is 0.227 e. The van der Waals surface area contributed by atoms with Crippen LogP contribution in [0.1, 0.15) is 5.56 Å². The average Bonchev–Trinajstić information content (AvgIpc) is 2.69. The van der Waals surface area contributed by atoms with E-state index in [1.54, 1.807) is 6.07 Å². The maximum Gasteiger partial charge on any atom is 0.163 e. The number of benzene rings is 1. The van der Waals surface area contributed by atoms with Crippen molar-refractivity contribution >= 4 is 73.0 Å². The fourth-order valence-corrected chi connectivity index (χ4v) is 4.25. The summed E-state index contributed by atoms with van der Waals surface area (Å²) in [5, 5.41) is 1.20. The van der Waals surface area contributed by atoms with Crippen LogP contribution in [0.5, 0.6) is 0 Å². The molecule has 3 rings (SSSR count).